The van der Waals surface area contributed by atoms with Crippen LogP contribution in [0.15, 0.2) is 120 Å². The fraction of sp³-hybridized carbons (Fsp3) is 0.118. The van der Waals surface area contributed by atoms with Gasteiger partial charge in [-0.1, -0.05) is 110 Å². The topological polar surface area (TPSA) is 34.9 Å². The summed E-state index contributed by atoms with van der Waals surface area (Å²) in [5.41, 5.74) is 6.88. The van der Waals surface area contributed by atoms with Gasteiger partial charge in [0.15, 0.2) is 0 Å². The third-order valence-electron chi connectivity index (χ3n) is 7.05. The predicted octanol–water partition coefficient (Wildman–Crippen LogP) is 8.22. The largest absolute Gasteiger partial charge is 0.273 e. The average molecular weight is 481 g/mol. The van der Waals surface area contributed by atoms with Crippen LogP contribution in [-0.2, 0) is 6.42 Å². The number of fused-ring (bicyclic) bond motifs is 2. The van der Waals surface area contributed by atoms with Crippen molar-refractivity contribution in [3.8, 4) is 28.1 Å². The van der Waals surface area contributed by atoms with Crippen molar-refractivity contribution in [1.82, 2.24) is 9.55 Å². The van der Waals surface area contributed by atoms with Crippen molar-refractivity contribution in [2.24, 2.45) is 0 Å². The van der Waals surface area contributed by atoms with E-state index in [2.05, 4.69) is 67.6 Å². The van der Waals surface area contributed by atoms with Crippen LogP contribution >= 0.6 is 0 Å². The zero-order valence-corrected chi connectivity index (χ0v) is 20.9. The average Bonchev–Trinajstić information content (AvgIpc) is 2.97. The highest BCUT2D eigenvalue weighted by Gasteiger charge is 2.23. The summed E-state index contributed by atoms with van der Waals surface area (Å²) in [6.45, 7) is 2.20. The van der Waals surface area contributed by atoms with Crippen molar-refractivity contribution < 1.29 is 0 Å². The summed E-state index contributed by atoms with van der Waals surface area (Å²) in [4.78, 5) is 19.3. The van der Waals surface area contributed by atoms with Gasteiger partial charge in [-0.15, -0.1) is 0 Å². The number of hydrogen-bond acceptors (Lipinski definition) is 2. The van der Waals surface area contributed by atoms with Crippen LogP contribution in [0, 0.1) is 0 Å². The zero-order chi connectivity index (χ0) is 25.2. The Morgan fingerprint density at radius 1 is 0.703 bits per heavy atom. The predicted molar refractivity (Wildman–Crippen MR) is 154 cm³/mol. The molecule has 0 bridgehead atoms. The highest BCUT2D eigenvalue weighted by atomic mass is 16.1. The Kier molecular flexibility index (Phi) is 6.11. The maximum Gasteiger partial charge on any atom is 0.263 e. The molecule has 0 N–H and O–H groups in total. The van der Waals surface area contributed by atoms with Crippen molar-refractivity contribution in [2.45, 2.75) is 26.2 Å². The van der Waals surface area contributed by atoms with Crippen LogP contribution in [-0.4, -0.2) is 9.55 Å². The molecule has 4 aromatic carbocycles. The quantitative estimate of drug-likeness (QED) is 0.241. The second-order valence-corrected chi connectivity index (χ2v) is 9.39. The van der Waals surface area contributed by atoms with Gasteiger partial charge in [-0.3, -0.25) is 14.3 Å². The molecule has 37 heavy (non-hydrogen) atoms. The minimum Gasteiger partial charge on any atom is -0.273 e. The van der Waals surface area contributed by atoms with E-state index in [1.54, 1.807) is 0 Å². The molecule has 0 radical (unpaired) electrons. The molecule has 2 aromatic heterocycles. The van der Waals surface area contributed by atoms with Gasteiger partial charge in [-0.25, -0.2) is 0 Å². The third kappa shape index (κ3) is 4.03. The monoisotopic (exact) mass is 480 g/mol. The summed E-state index contributed by atoms with van der Waals surface area (Å²) in [6, 6.07) is 37.0. The molecule has 180 valence electrons. The zero-order valence-electron chi connectivity index (χ0n) is 20.9. The maximum absolute atomic E-state index is 14.5. The van der Waals surface area contributed by atoms with E-state index < -0.39 is 0 Å². The van der Waals surface area contributed by atoms with Gasteiger partial charge in [0, 0.05) is 22.5 Å². The first-order valence-corrected chi connectivity index (χ1v) is 12.9. The van der Waals surface area contributed by atoms with Crippen LogP contribution in [0.3, 0.4) is 0 Å². The normalized spacial score (nSPS) is 11.3. The lowest BCUT2D eigenvalue weighted by Crippen LogP contribution is -2.23. The van der Waals surface area contributed by atoms with Crippen molar-refractivity contribution in [1.29, 1.82) is 0 Å². The number of aryl methyl sites for hydroxylation is 1. The van der Waals surface area contributed by atoms with Crippen LogP contribution < -0.4 is 5.56 Å². The van der Waals surface area contributed by atoms with Gasteiger partial charge in [-0.05, 0) is 47.1 Å². The van der Waals surface area contributed by atoms with E-state index >= 15 is 0 Å². The summed E-state index contributed by atoms with van der Waals surface area (Å²) in [7, 11) is 0. The van der Waals surface area contributed by atoms with E-state index in [9.17, 15) is 4.79 Å². The number of hydrogen-bond donors (Lipinski definition) is 0. The fourth-order valence-corrected chi connectivity index (χ4v) is 5.32. The van der Waals surface area contributed by atoms with E-state index in [1.807, 2.05) is 59.3 Å². The van der Waals surface area contributed by atoms with Crippen molar-refractivity contribution in [2.75, 3.05) is 0 Å². The molecule has 0 atom stereocenters. The van der Waals surface area contributed by atoms with Crippen molar-refractivity contribution in [3.63, 3.8) is 0 Å². The minimum absolute atomic E-state index is 0.0231. The molecule has 0 fully saturated rings. The minimum atomic E-state index is -0.0231. The van der Waals surface area contributed by atoms with E-state index in [0.717, 1.165) is 69.2 Å². The molecule has 0 unspecified atom stereocenters. The summed E-state index contributed by atoms with van der Waals surface area (Å²) in [5, 5.41) is 2.69. The Morgan fingerprint density at radius 3 is 2.11 bits per heavy atom. The molecule has 0 amide bonds. The van der Waals surface area contributed by atoms with Crippen LogP contribution in [0.4, 0.5) is 0 Å². The molecule has 0 spiro atoms. The second kappa shape index (κ2) is 9.87. The van der Waals surface area contributed by atoms with E-state index in [4.69, 9.17) is 4.98 Å². The lowest BCUT2D eigenvalue weighted by atomic mass is 9.92. The fourth-order valence-electron chi connectivity index (χ4n) is 5.32. The van der Waals surface area contributed by atoms with E-state index in [0.29, 0.717) is 5.39 Å². The smallest absolute Gasteiger partial charge is 0.263 e. The first-order chi connectivity index (χ1) is 18.3. The molecule has 0 aliphatic rings. The SMILES string of the molecule is CCCCc1ccc2cccnc2c1-n1c(-c2ccccc2)c(-c2ccccc2)c2ccccc2c1=O. The summed E-state index contributed by atoms with van der Waals surface area (Å²) in [5.74, 6) is 0. The van der Waals surface area contributed by atoms with E-state index in [-0.39, 0.29) is 5.56 Å². The van der Waals surface area contributed by atoms with Crippen LogP contribution in [0.1, 0.15) is 25.3 Å². The van der Waals surface area contributed by atoms with Gasteiger partial charge in [0.2, 0.25) is 0 Å². The first kappa shape index (κ1) is 22.9. The highest BCUT2D eigenvalue weighted by Crippen LogP contribution is 2.39. The molecule has 6 aromatic rings. The Balaban J connectivity index is 1.87. The van der Waals surface area contributed by atoms with E-state index in [1.165, 1.54) is 0 Å². The number of nitrogens with zero attached hydrogens (tertiary/aromatic N) is 2. The Morgan fingerprint density at radius 2 is 1.38 bits per heavy atom. The van der Waals surface area contributed by atoms with Gasteiger partial charge in [0.05, 0.1) is 16.9 Å². The molecule has 3 heteroatoms. The van der Waals surface area contributed by atoms with Gasteiger partial charge >= 0.3 is 0 Å². The molecule has 3 nitrogen and oxygen atoms in total. The van der Waals surface area contributed by atoms with Gasteiger partial charge in [0.25, 0.3) is 5.56 Å². The van der Waals surface area contributed by atoms with Gasteiger partial charge in [-0.2, -0.15) is 0 Å². The van der Waals surface area contributed by atoms with Crippen LogP contribution in [0.2, 0.25) is 0 Å². The van der Waals surface area contributed by atoms with Crippen LogP contribution in [0.5, 0.6) is 0 Å². The lowest BCUT2D eigenvalue weighted by Gasteiger charge is -2.23. The second-order valence-electron chi connectivity index (χ2n) is 9.39. The van der Waals surface area contributed by atoms with Crippen LogP contribution in [0.25, 0.3) is 49.7 Å². The maximum atomic E-state index is 14.5. The number of aromatic nitrogens is 2. The number of rotatable bonds is 6. The standard InChI is InChI=1S/C34H28N2O/c1-2-3-13-27-22-21-25-18-12-23-35-31(25)33(27)36-32(26-16-8-5-9-17-26)30(24-14-6-4-7-15-24)28-19-10-11-20-29(28)34(36)37/h4-12,14-23H,2-3,13H2,1H3. The van der Waals surface area contributed by atoms with Crippen molar-refractivity contribution in [3.05, 3.63) is 131 Å². The molecule has 0 saturated heterocycles. The third-order valence-corrected chi connectivity index (χ3v) is 7.05. The molecular weight excluding hydrogens is 452 g/mol. The number of unbranched alkanes of at least 4 members (excludes halogenated alkanes) is 1. The highest BCUT2D eigenvalue weighted by molar-refractivity contribution is 6.04. The summed E-state index contributed by atoms with van der Waals surface area (Å²) >= 11 is 0. The summed E-state index contributed by atoms with van der Waals surface area (Å²) in [6.07, 6.45) is 4.82. The Hall–Kier alpha value is -4.50. The van der Waals surface area contributed by atoms with Gasteiger partial charge in [0.1, 0.15) is 0 Å². The summed E-state index contributed by atoms with van der Waals surface area (Å²) < 4.78 is 1.94. The van der Waals surface area contributed by atoms with Gasteiger partial charge < -0.3 is 0 Å². The molecular formula is C34H28N2O. The molecule has 0 aliphatic carbocycles. The molecule has 6 rings (SSSR count). The Bertz CT molecular complexity index is 1770. The number of benzene rings is 4. The lowest BCUT2D eigenvalue weighted by molar-refractivity contribution is 0.789. The molecule has 2 heterocycles. The first-order valence-electron chi connectivity index (χ1n) is 12.9. The number of pyridine rings is 2. The molecule has 0 aliphatic heterocycles. The molecule has 0 saturated carbocycles. The Labute approximate surface area is 216 Å². The van der Waals surface area contributed by atoms with Crippen molar-refractivity contribution >= 4 is 21.7 Å².